The number of nitrogens with zero attached hydrogens (tertiary/aromatic N) is 2. The third kappa shape index (κ3) is 3.89. The fraction of sp³-hybridized carbons (Fsp3) is 0.0698. The van der Waals surface area contributed by atoms with Gasteiger partial charge in [0.1, 0.15) is 0 Å². The number of fused-ring (bicyclic) bond motifs is 11. The van der Waals surface area contributed by atoms with Crippen LogP contribution in [0.15, 0.2) is 169 Å². The minimum atomic E-state index is 0.151. The number of aromatic nitrogens is 1. The minimum absolute atomic E-state index is 0.151. The summed E-state index contributed by atoms with van der Waals surface area (Å²) in [6.45, 7) is 2.06. The van der Waals surface area contributed by atoms with Crippen LogP contribution in [0.1, 0.15) is 18.4 Å². The molecule has 0 amide bonds. The lowest BCUT2D eigenvalue weighted by Gasteiger charge is -2.30. The van der Waals surface area contributed by atoms with Crippen molar-refractivity contribution in [2.24, 2.45) is 0 Å². The lowest BCUT2D eigenvalue weighted by molar-refractivity contribution is 0.743. The van der Waals surface area contributed by atoms with Crippen LogP contribution in [-0.4, -0.2) is 10.6 Å². The van der Waals surface area contributed by atoms with Crippen molar-refractivity contribution >= 4 is 54.7 Å². The summed E-state index contributed by atoms with van der Waals surface area (Å²) in [5, 5.41) is 7.82. The molecule has 0 fully saturated rings. The van der Waals surface area contributed by atoms with E-state index < -0.39 is 0 Å². The Kier molecular flexibility index (Phi) is 5.89. The van der Waals surface area contributed by atoms with Crippen molar-refractivity contribution in [2.45, 2.75) is 18.9 Å². The van der Waals surface area contributed by atoms with Gasteiger partial charge >= 0.3 is 0 Å². The molecule has 7 aromatic rings. The summed E-state index contributed by atoms with van der Waals surface area (Å²) in [5.41, 5.74) is 8.79. The van der Waals surface area contributed by atoms with Crippen molar-refractivity contribution in [3.8, 4) is 5.69 Å². The highest BCUT2D eigenvalue weighted by molar-refractivity contribution is 6.17. The molecule has 0 bridgehead atoms. The lowest BCUT2D eigenvalue weighted by atomic mass is 9.85. The zero-order valence-electron chi connectivity index (χ0n) is 25.1. The van der Waals surface area contributed by atoms with Gasteiger partial charge in [0.25, 0.3) is 0 Å². The first-order valence-corrected chi connectivity index (χ1v) is 15.8. The van der Waals surface area contributed by atoms with Crippen LogP contribution in [-0.2, 0) is 0 Å². The number of allylic oxidation sites excluding steroid dienone is 6. The molecule has 0 saturated carbocycles. The van der Waals surface area contributed by atoms with Gasteiger partial charge < -0.3 is 9.47 Å². The van der Waals surface area contributed by atoms with E-state index >= 15 is 0 Å². The summed E-state index contributed by atoms with van der Waals surface area (Å²) < 4.78 is 2.42. The maximum absolute atomic E-state index is 2.61. The van der Waals surface area contributed by atoms with E-state index in [0.717, 1.165) is 0 Å². The maximum atomic E-state index is 2.61. The van der Waals surface area contributed by atoms with Gasteiger partial charge in [-0.25, -0.2) is 0 Å². The Morgan fingerprint density at radius 2 is 1.18 bits per heavy atom. The fourth-order valence-electron chi connectivity index (χ4n) is 7.76. The summed E-state index contributed by atoms with van der Waals surface area (Å²) in [5.74, 6) is 0.241. The van der Waals surface area contributed by atoms with Crippen LogP contribution in [0.5, 0.6) is 0 Å². The Bertz CT molecular complexity index is 2360. The van der Waals surface area contributed by atoms with E-state index in [1.807, 2.05) is 0 Å². The van der Waals surface area contributed by atoms with Crippen LogP contribution < -0.4 is 4.90 Å². The first-order valence-electron chi connectivity index (χ1n) is 15.8. The summed E-state index contributed by atoms with van der Waals surface area (Å²) in [6.07, 6.45) is 15.7. The van der Waals surface area contributed by atoms with Gasteiger partial charge in [-0.15, -0.1) is 0 Å². The Morgan fingerprint density at radius 1 is 0.578 bits per heavy atom. The molecule has 0 N–H and O–H groups in total. The Balaban J connectivity index is 1.32. The van der Waals surface area contributed by atoms with Gasteiger partial charge in [-0.05, 0) is 64.6 Å². The zero-order chi connectivity index (χ0) is 29.9. The van der Waals surface area contributed by atoms with E-state index in [1.165, 1.54) is 71.5 Å². The van der Waals surface area contributed by atoms with Crippen LogP contribution in [0.4, 0.5) is 11.4 Å². The normalized spacial score (nSPS) is 17.7. The van der Waals surface area contributed by atoms with Crippen LogP contribution in [0.25, 0.3) is 49.0 Å². The zero-order valence-corrected chi connectivity index (χ0v) is 25.1. The SMILES string of the molecule is C/C=C\C=C/C1=CC2C(C=C1)c1c(c3ccccc3c3ccccc13)N2c1cccc(-n2c3ccccc3c3ccccc32)c1. The lowest BCUT2D eigenvalue weighted by Crippen LogP contribution is -2.29. The number of anilines is 2. The average Bonchev–Trinajstić information content (AvgIpc) is 3.62. The average molecular weight is 577 g/mol. The number of rotatable bonds is 4. The van der Waals surface area contributed by atoms with Gasteiger partial charge in [-0.2, -0.15) is 0 Å². The van der Waals surface area contributed by atoms with Gasteiger partial charge in [0.15, 0.2) is 0 Å². The third-order valence-corrected chi connectivity index (χ3v) is 9.58. The second-order valence-electron chi connectivity index (χ2n) is 12.0. The molecule has 0 radical (unpaired) electrons. The Labute approximate surface area is 263 Å². The Hall–Kier alpha value is -5.60. The molecule has 1 aliphatic heterocycles. The highest BCUT2D eigenvalue weighted by Crippen LogP contribution is 2.54. The molecule has 9 rings (SSSR count). The second-order valence-corrected chi connectivity index (χ2v) is 12.0. The number of benzene rings is 6. The van der Waals surface area contributed by atoms with Crippen LogP contribution in [0, 0.1) is 0 Å². The van der Waals surface area contributed by atoms with Gasteiger partial charge in [-0.3, -0.25) is 0 Å². The molecule has 2 nitrogen and oxygen atoms in total. The van der Waals surface area contributed by atoms with Gasteiger partial charge in [0.2, 0.25) is 0 Å². The van der Waals surface area contributed by atoms with Gasteiger partial charge in [0, 0.05) is 33.5 Å². The van der Waals surface area contributed by atoms with Crippen LogP contribution >= 0.6 is 0 Å². The molecule has 2 aliphatic rings. The summed E-state index contributed by atoms with van der Waals surface area (Å²) >= 11 is 0. The molecule has 6 aromatic carbocycles. The number of para-hydroxylation sites is 2. The molecule has 2 atom stereocenters. The van der Waals surface area contributed by atoms with Crippen molar-refractivity contribution < 1.29 is 0 Å². The number of hydrogen-bond acceptors (Lipinski definition) is 1. The smallest absolute Gasteiger partial charge is 0.0635 e. The highest BCUT2D eigenvalue weighted by Gasteiger charge is 2.40. The summed E-state index contributed by atoms with van der Waals surface area (Å²) in [7, 11) is 0. The van der Waals surface area contributed by atoms with Crippen molar-refractivity contribution in [2.75, 3.05) is 4.90 Å². The molecule has 45 heavy (non-hydrogen) atoms. The monoisotopic (exact) mass is 576 g/mol. The van der Waals surface area contributed by atoms with Crippen molar-refractivity contribution in [3.05, 3.63) is 175 Å². The van der Waals surface area contributed by atoms with Gasteiger partial charge in [-0.1, -0.05) is 134 Å². The molecule has 2 heteroatoms. The van der Waals surface area contributed by atoms with Crippen molar-refractivity contribution in [3.63, 3.8) is 0 Å². The quantitative estimate of drug-likeness (QED) is 0.149. The molecule has 0 saturated heterocycles. The Morgan fingerprint density at radius 3 is 1.89 bits per heavy atom. The fourth-order valence-corrected chi connectivity index (χ4v) is 7.76. The standard InChI is InChI=1S/C43H32N2/c1-2-3-4-14-29-25-26-38-41(27-29)45(43-37-22-8-6-18-33(37)32-17-5-7-21-36(32)42(38)43)31-16-13-15-30(28-31)44-39-23-11-9-19-34(39)35-20-10-12-24-40(35)44/h2-28,38,41H,1H3/b3-2-,14-4-. The molecule has 1 aliphatic carbocycles. The van der Waals surface area contributed by atoms with Crippen LogP contribution in [0.3, 0.4) is 0 Å². The molecule has 2 unspecified atom stereocenters. The van der Waals surface area contributed by atoms with E-state index in [2.05, 4.69) is 180 Å². The molecule has 2 heterocycles. The van der Waals surface area contributed by atoms with E-state index in [-0.39, 0.29) is 12.0 Å². The molecule has 0 spiro atoms. The second kappa shape index (κ2) is 10.2. The van der Waals surface area contributed by atoms with Gasteiger partial charge in [0.05, 0.1) is 22.8 Å². The summed E-state index contributed by atoms with van der Waals surface area (Å²) in [4.78, 5) is 2.61. The largest absolute Gasteiger partial charge is 0.333 e. The molecular weight excluding hydrogens is 544 g/mol. The van der Waals surface area contributed by atoms with Crippen molar-refractivity contribution in [1.82, 2.24) is 4.57 Å². The van der Waals surface area contributed by atoms with E-state index in [9.17, 15) is 0 Å². The predicted molar refractivity (Wildman–Crippen MR) is 192 cm³/mol. The third-order valence-electron chi connectivity index (χ3n) is 9.58. The van der Waals surface area contributed by atoms with Crippen molar-refractivity contribution in [1.29, 1.82) is 0 Å². The minimum Gasteiger partial charge on any atom is -0.333 e. The topological polar surface area (TPSA) is 8.17 Å². The van der Waals surface area contributed by atoms with E-state index in [4.69, 9.17) is 0 Å². The maximum Gasteiger partial charge on any atom is 0.0635 e. The van der Waals surface area contributed by atoms with E-state index in [0.29, 0.717) is 0 Å². The first kappa shape index (κ1) is 25.9. The molecule has 214 valence electrons. The number of hydrogen-bond donors (Lipinski definition) is 0. The molecular formula is C43H32N2. The molecule has 1 aromatic heterocycles. The first-order chi connectivity index (χ1) is 22.3. The van der Waals surface area contributed by atoms with E-state index in [1.54, 1.807) is 0 Å². The highest BCUT2D eigenvalue weighted by atomic mass is 15.2. The predicted octanol–water partition coefficient (Wildman–Crippen LogP) is 11.3. The summed E-state index contributed by atoms with van der Waals surface area (Å²) in [6, 6.07) is 44.7. The van der Waals surface area contributed by atoms with Crippen LogP contribution in [0.2, 0.25) is 0 Å².